The van der Waals surface area contributed by atoms with Gasteiger partial charge in [-0.05, 0) is 68.8 Å². The second-order valence-electron chi connectivity index (χ2n) is 8.69. The van der Waals surface area contributed by atoms with Crippen LogP contribution in [0.25, 0.3) is 0 Å². The summed E-state index contributed by atoms with van der Waals surface area (Å²) in [6, 6.07) is 0. The molecule has 27 heavy (non-hydrogen) atoms. The minimum Gasteiger partial charge on any atom is -0.438 e. The molecule has 2 aliphatic rings. The molecule has 1 fully saturated rings. The van der Waals surface area contributed by atoms with E-state index < -0.39 is 18.4 Å². The molecule has 0 aromatic rings. The van der Waals surface area contributed by atoms with E-state index in [-0.39, 0.29) is 23.9 Å². The van der Waals surface area contributed by atoms with Gasteiger partial charge in [0, 0.05) is 5.92 Å². The van der Waals surface area contributed by atoms with Crippen LogP contribution in [0.1, 0.15) is 59.8 Å². The van der Waals surface area contributed by atoms with E-state index in [1.54, 1.807) is 0 Å². The van der Waals surface area contributed by atoms with Crippen molar-refractivity contribution in [2.75, 3.05) is 13.7 Å². The SMILES string of the molecule is COC(=O)OCC1C2CCC(C)C1(C)CC/C(C)=C/C/C=C(\C)C(O)C2O. The molecule has 0 aliphatic heterocycles. The first-order valence-electron chi connectivity index (χ1n) is 10.1. The Morgan fingerprint density at radius 2 is 1.96 bits per heavy atom. The molecule has 0 saturated heterocycles. The van der Waals surface area contributed by atoms with Gasteiger partial charge in [0.15, 0.2) is 0 Å². The topological polar surface area (TPSA) is 76.0 Å². The summed E-state index contributed by atoms with van der Waals surface area (Å²) >= 11 is 0. The summed E-state index contributed by atoms with van der Waals surface area (Å²) in [7, 11) is 1.30. The Hall–Kier alpha value is -1.33. The average Bonchev–Trinajstić information content (AvgIpc) is 2.65. The highest BCUT2D eigenvalue weighted by molar-refractivity contribution is 5.59. The van der Waals surface area contributed by atoms with Gasteiger partial charge < -0.3 is 19.7 Å². The molecular weight excluding hydrogens is 344 g/mol. The first-order valence-corrected chi connectivity index (χ1v) is 10.1. The van der Waals surface area contributed by atoms with Gasteiger partial charge in [-0.1, -0.05) is 31.6 Å². The van der Waals surface area contributed by atoms with Gasteiger partial charge >= 0.3 is 6.16 Å². The summed E-state index contributed by atoms with van der Waals surface area (Å²) in [5.74, 6) is 0.277. The average molecular weight is 381 g/mol. The van der Waals surface area contributed by atoms with Crippen LogP contribution in [0.4, 0.5) is 4.79 Å². The summed E-state index contributed by atoms with van der Waals surface area (Å²) in [6.07, 6.45) is 6.23. The molecule has 0 amide bonds. The molecule has 2 aliphatic carbocycles. The van der Waals surface area contributed by atoms with Crippen molar-refractivity contribution in [2.45, 2.75) is 72.0 Å². The molecule has 0 aromatic carbocycles. The van der Waals surface area contributed by atoms with Crippen molar-refractivity contribution in [3.8, 4) is 0 Å². The molecule has 154 valence electrons. The number of carbonyl (C=O) groups excluding carboxylic acids is 1. The van der Waals surface area contributed by atoms with Crippen LogP contribution < -0.4 is 0 Å². The minimum atomic E-state index is -0.901. The molecule has 0 radical (unpaired) electrons. The standard InChI is InChI=1S/C22H36O5/c1-14-7-6-8-15(2)19(23)20(24)17-10-9-16(3)22(4,12-11-14)18(17)13-27-21(25)26-5/h7-8,16-20,23-24H,6,9-13H2,1-5H3/b14-7+,15-8+. The molecule has 0 heterocycles. The van der Waals surface area contributed by atoms with E-state index in [1.807, 2.05) is 13.0 Å². The van der Waals surface area contributed by atoms with Gasteiger partial charge in [0.2, 0.25) is 0 Å². The minimum absolute atomic E-state index is 0.0370. The summed E-state index contributed by atoms with van der Waals surface area (Å²) < 4.78 is 10.0. The summed E-state index contributed by atoms with van der Waals surface area (Å²) in [5, 5.41) is 21.7. The van der Waals surface area contributed by atoms with Crippen LogP contribution in [0.3, 0.4) is 0 Å². The van der Waals surface area contributed by atoms with Gasteiger partial charge in [0.1, 0.15) is 6.10 Å². The second kappa shape index (κ2) is 9.24. The van der Waals surface area contributed by atoms with Crippen molar-refractivity contribution >= 4 is 6.16 Å². The lowest BCUT2D eigenvalue weighted by atomic mass is 9.54. The summed E-state index contributed by atoms with van der Waals surface area (Å²) in [6.45, 7) is 8.71. The molecule has 5 nitrogen and oxygen atoms in total. The smallest absolute Gasteiger partial charge is 0.438 e. The number of aliphatic hydroxyl groups excluding tert-OH is 2. The quantitative estimate of drug-likeness (QED) is 0.554. The molecule has 6 unspecified atom stereocenters. The third kappa shape index (κ3) is 4.94. The van der Waals surface area contributed by atoms with E-state index in [1.165, 1.54) is 12.7 Å². The van der Waals surface area contributed by atoms with E-state index in [9.17, 15) is 15.0 Å². The molecule has 2 bridgehead atoms. The van der Waals surface area contributed by atoms with Crippen molar-refractivity contribution in [1.82, 2.24) is 0 Å². The van der Waals surface area contributed by atoms with E-state index in [0.717, 1.165) is 37.7 Å². The number of carbonyl (C=O) groups is 1. The maximum atomic E-state index is 11.6. The largest absolute Gasteiger partial charge is 0.507 e. The van der Waals surface area contributed by atoms with Gasteiger partial charge in [-0.25, -0.2) is 4.79 Å². The lowest BCUT2D eigenvalue weighted by Crippen LogP contribution is -2.51. The lowest BCUT2D eigenvalue weighted by molar-refractivity contribution is -0.107. The Morgan fingerprint density at radius 3 is 2.63 bits per heavy atom. The van der Waals surface area contributed by atoms with Gasteiger partial charge in [-0.15, -0.1) is 0 Å². The molecule has 0 spiro atoms. The molecule has 1 saturated carbocycles. The van der Waals surface area contributed by atoms with Crippen molar-refractivity contribution < 1.29 is 24.5 Å². The second-order valence-corrected chi connectivity index (χ2v) is 8.69. The number of aliphatic hydroxyl groups is 2. The Balaban J connectivity index is 2.41. The van der Waals surface area contributed by atoms with Gasteiger partial charge in [-0.2, -0.15) is 0 Å². The fourth-order valence-electron chi connectivity index (χ4n) is 4.84. The van der Waals surface area contributed by atoms with E-state index >= 15 is 0 Å². The van der Waals surface area contributed by atoms with Gasteiger partial charge in [-0.3, -0.25) is 0 Å². The fraction of sp³-hybridized carbons (Fsp3) is 0.773. The highest BCUT2D eigenvalue weighted by Gasteiger charge is 2.50. The zero-order valence-corrected chi connectivity index (χ0v) is 17.4. The Labute approximate surface area is 163 Å². The normalized spacial score (nSPS) is 41.8. The lowest BCUT2D eigenvalue weighted by Gasteiger charge is -2.52. The zero-order valence-electron chi connectivity index (χ0n) is 17.4. The summed E-state index contributed by atoms with van der Waals surface area (Å²) in [5.41, 5.74) is 2.03. The Bertz CT molecular complexity index is 581. The monoisotopic (exact) mass is 380 g/mol. The van der Waals surface area contributed by atoms with Crippen molar-refractivity contribution in [1.29, 1.82) is 0 Å². The Kier molecular flexibility index (Phi) is 7.52. The Morgan fingerprint density at radius 1 is 1.26 bits per heavy atom. The number of hydrogen-bond acceptors (Lipinski definition) is 5. The number of rotatable bonds is 2. The molecular formula is C22H36O5. The highest BCUT2D eigenvalue weighted by Crippen LogP contribution is 2.52. The highest BCUT2D eigenvalue weighted by atomic mass is 16.7. The van der Waals surface area contributed by atoms with E-state index in [2.05, 4.69) is 31.6 Å². The molecule has 6 atom stereocenters. The molecule has 2 N–H and O–H groups in total. The maximum Gasteiger partial charge on any atom is 0.507 e. The van der Waals surface area contributed by atoms with Crippen LogP contribution >= 0.6 is 0 Å². The fourth-order valence-corrected chi connectivity index (χ4v) is 4.84. The van der Waals surface area contributed by atoms with Crippen LogP contribution in [0.2, 0.25) is 0 Å². The van der Waals surface area contributed by atoms with Crippen LogP contribution in [0.15, 0.2) is 23.3 Å². The third-order valence-electron chi connectivity index (χ3n) is 7.16. The predicted molar refractivity (Wildman–Crippen MR) is 105 cm³/mol. The maximum absolute atomic E-state index is 11.6. The van der Waals surface area contributed by atoms with E-state index in [4.69, 9.17) is 4.74 Å². The summed E-state index contributed by atoms with van der Waals surface area (Å²) in [4.78, 5) is 11.6. The van der Waals surface area contributed by atoms with Crippen LogP contribution in [0, 0.1) is 23.2 Å². The first kappa shape index (κ1) is 22.0. The van der Waals surface area contributed by atoms with Crippen molar-refractivity contribution in [3.05, 3.63) is 23.3 Å². The number of methoxy groups -OCH3 is 1. The number of hydrogen-bond donors (Lipinski definition) is 2. The molecule has 0 aromatic heterocycles. The van der Waals surface area contributed by atoms with Crippen LogP contribution in [0.5, 0.6) is 0 Å². The van der Waals surface area contributed by atoms with Crippen molar-refractivity contribution in [3.63, 3.8) is 0 Å². The first-order chi connectivity index (χ1) is 12.7. The van der Waals surface area contributed by atoms with E-state index in [0.29, 0.717) is 5.92 Å². The molecule has 2 rings (SSSR count). The van der Waals surface area contributed by atoms with Gasteiger partial charge in [0.25, 0.3) is 0 Å². The number of fused-ring (bicyclic) bond motifs is 2. The number of ether oxygens (including phenoxy) is 2. The predicted octanol–water partition coefficient (Wildman–Crippen LogP) is 4.24. The molecule has 5 heteroatoms. The number of allylic oxidation sites excluding steroid dienone is 3. The third-order valence-corrected chi connectivity index (χ3v) is 7.16. The van der Waals surface area contributed by atoms with Crippen LogP contribution in [-0.4, -0.2) is 42.3 Å². The van der Waals surface area contributed by atoms with Gasteiger partial charge in [0.05, 0.1) is 19.8 Å². The van der Waals surface area contributed by atoms with Crippen LogP contribution in [-0.2, 0) is 9.47 Å². The zero-order chi connectivity index (χ0) is 20.2. The van der Waals surface area contributed by atoms with Crippen molar-refractivity contribution in [2.24, 2.45) is 23.2 Å².